The molecular formula is C14H17ClF3NO2. The Balaban J connectivity index is 2.22. The van der Waals surface area contributed by atoms with E-state index in [2.05, 4.69) is 5.32 Å². The van der Waals surface area contributed by atoms with Gasteiger partial charge in [0.2, 0.25) is 0 Å². The zero-order valence-electron chi connectivity index (χ0n) is 11.6. The molecule has 0 bridgehead atoms. The van der Waals surface area contributed by atoms with E-state index in [1.807, 2.05) is 0 Å². The van der Waals surface area contributed by atoms with Gasteiger partial charge in [0, 0.05) is 30.0 Å². The Hall–Kier alpha value is -1.14. The third kappa shape index (κ3) is 4.41. The van der Waals surface area contributed by atoms with Crippen molar-refractivity contribution in [2.24, 2.45) is 0 Å². The van der Waals surface area contributed by atoms with Gasteiger partial charge in [0.15, 0.2) is 11.5 Å². The summed E-state index contributed by atoms with van der Waals surface area (Å²) in [6, 6.07) is 2.78. The van der Waals surface area contributed by atoms with Crippen LogP contribution in [0.5, 0.6) is 11.5 Å². The lowest BCUT2D eigenvalue weighted by molar-refractivity contribution is -0.136. The van der Waals surface area contributed by atoms with E-state index < -0.39 is 18.6 Å². The van der Waals surface area contributed by atoms with E-state index in [-0.39, 0.29) is 6.42 Å². The Kier molecular flexibility index (Phi) is 5.22. The minimum Gasteiger partial charge on any atom is -0.490 e. The van der Waals surface area contributed by atoms with Gasteiger partial charge in [-0.25, -0.2) is 0 Å². The van der Waals surface area contributed by atoms with Crippen LogP contribution in [-0.2, 0) is 0 Å². The molecule has 1 aliphatic heterocycles. The lowest BCUT2D eigenvalue weighted by atomic mass is 10.0. The molecule has 7 heteroatoms. The highest BCUT2D eigenvalue weighted by Crippen LogP contribution is 2.39. The molecule has 1 atom stereocenters. The Morgan fingerprint density at radius 2 is 1.86 bits per heavy atom. The number of fused-ring (bicyclic) bond motifs is 1. The third-order valence-electron chi connectivity index (χ3n) is 3.31. The summed E-state index contributed by atoms with van der Waals surface area (Å²) >= 11 is 6.18. The van der Waals surface area contributed by atoms with Crippen molar-refractivity contribution < 1.29 is 22.6 Å². The van der Waals surface area contributed by atoms with Crippen LogP contribution in [0.4, 0.5) is 13.2 Å². The molecule has 0 saturated carbocycles. The van der Waals surface area contributed by atoms with Crippen LogP contribution in [0.25, 0.3) is 0 Å². The van der Waals surface area contributed by atoms with Gasteiger partial charge in [-0.15, -0.1) is 0 Å². The topological polar surface area (TPSA) is 30.5 Å². The van der Waals surface area contributed by atoms with E-state index in [0.717, 1.165) is 6.42 Å². The molecule has 118 valence electrons. The number of alkyl halides is 3. The summed E-state index contributed by atoms with van der Waals surface area (Å²) in [5, 5.41) is 3.25. The Labute approximate surface area is 126 Å². The molecule has 2 rings (SSSR count). The van der Waals surface area contributed by atoms with Crippen molar-refractivity contribution >= 4 is 11.6 Å². The molecule has 0 spiro atoms. The van der Waals surface area contributed by atoms with Gasteiger partial charge in [0.1, 0.15) is 0 Å². The first-order chi connectivity index (χ1) is 9.90. The van der Waals surface area contributed by atoms with Gasteiger partial charge >= 0.3 is 6.18 Å². The summed E-state index contributed by atoms with van der Waals surface area (Å²) in [6.45, 7) is 1.05. The molecule has 1 unspecified atom stereocenters. The quantitative estimate of drug-likeness (QED) is 0.904. The molecule has 0 aliphatic carbocycles. The van der Waals surface area contributed by atoms with Crippen molar-refractivity contribution in [1.82, 2.24) is 5.32 Å². The van der Waals surface area contributed by atoms with Gasteiger partial charge in [0.25, 0.3) is 0 Å². The van der Waals surface area contributed by atoms with Crippen LogP contribution < -0.4 is 14.8 Å². The summed E-state index contributed by atoms with van der Waals surface area (Å²) in [7, 11) is 1.61. The summed E-state index contributed by atoms with van der Waals surface area (Å²) in [5.74, 6) is 1.06. The van der Waals surface area contributed by atoms with Crippen LogP contribution in [0.2, 0.25) is 5.02 Å². The maximum absolute atomic E-state index is 12.4. The van der Waals surface area contributed by atoms with E-state index >= 15 is 0 Å². The van der Waals surface area contributed by atoms with Gasteiger partial charge < -0.3 is 14.8 Å². The fraction of sp³-hybridized carbons (Fsp3) is 0.571. The number of hydrogen-bond acceptors (Lipinski definition) is 3. The maximum Gasteiger partial charge on any atom is 0.389 e. The van der Waals surface area contributed by atoms with Crippen molar-refractivity contribution in [3.05, 3.63) is 22.7 Å². The number of hydrogen-bond donors (Lipinski definition) is 1. The first-order valence-corrected chi connectivity index (χ1v) is 7.11. The number of ether oxygens (including phenoxy) is 2. The van der Waals surface area contributed by atoms with Gasteiger partial charge in [-0.05, 0) is 25.1 Å². The average molecular weight is 324 g/mol. The van der Waals surface area contributed by atoms with E-state index in [4.69, 9.17) is 21.1 Å². The Morgan fingerprint density at radius 1 is 1.24 bits per heavy atom. The molecule has 3 nitrogen and oxygen atoms in total. The lowest BCUT2D eigenvalue weighted by Crippen LogP contribution is -2.20. The molecule has 0 amide bonds. The smallest absolute Gasteiger partial charge is 0.389 e. The normalized spacial score (nSPS) is 16.4. The van der Waals surface area contributed by atoms with Crippen LogP contribution in [0, 0.1) is 0 Å². The zero-order chi connectivity index (χ0) is 15.5. The second kappa shape index (κ2) is 6.75. The molecule has 0 radical (unpaired) electrons. The molecule has 0 saturated heterocycles. The molecule has 1 aromatic rings. The van der Waals surface area contributed by atoms with Gasteiger partial charge in [-0.3, -0.25) is 0 Å². The molecular weight excluding hydrogens is 307 g/mol. The van der Waals surface area contributed by atoms with Crippen molar-refractivity contribution in [3.63, 3.8) is 0 Å². The second-order valence-electron chi connectivity index (χ2n) is 4.87. The van der Waals surface area contributed by atoms with Gasteiger partial charge in [-0.2, -0.15) is 13.2 Å². The Morgan fingerprint density at radius 3 is 2.43 bits per heavy atom. The molecule has 1 heterocycles. The van der Waals surface area contributed by atoms with Crippen molar-refractivity contribution in [2.45, 2.75) is 31.5 Å². The fourth-order valence-electron chi connectivity index (χ4n) is 2.23. The minimum absolute atomic E-state index is 0.0840. The fourth-order valence-corrected chi connectivity index (χ4v) is 2.52. The molecule has 21 heavy (non-hydrogen) atoms. The van der Waals surface area contributed by atoms with Crippen LogP contribution in [0.15, 0.2) is 12.1 Å². The van der Waals surface area contributed by atoms with E-state index in [1.165, 1.54) is 0 Å². The standard InChI is InChI=1S/C14H17ClF3NO2/c1-19-11(3-4-14(16,17)18)9-7-12-13(8-10(9)15)21-6-2-5-20-12/h7-8,11,19H,2-6H2,1H3. The second-order valence-corrected chi connectivity index (χ2v) is 5.27. The molecule has 0 aromatic heterocycles. The number of halogens is 4. The Bertz CT molecular complexity index is 494. The van der Waals surface area contributed by atoms with Crippen LogP contribution in [0.3, 0.4) is 0 Å². The highest BCUT2D eigenvalue weighted by Gasteiger charge is 2.29. The molecule has 1 N–H and O–H groups in total. The van der Waals surface area contributed by atoms with E-state index in [0.29, 0.717) is 35.3 Å². The monoisotopic (exact) mass is 323 g/mol. The summed E-state index contributed by atoms with van der Waals surface area (Å²) in [5.41, 5.74) is 0.590. The summed E-state index contributed by atoms with van der Waals surface area (Å²) in [4.78, 5) is 0. The highest BCUT2D eigenvalue weighted by atomic mass is 35.5. The first kappa shape index (κ1) is 16.2. The SMILES string of the molecule is CNC(CCC(F)(F)F)c1cc2c(cc1Cl)OCCCO2. The molecule has 1 aromatic carbocycles. The first-order valence-electron chi connectivity index (χ1n) is 6.74. The minimum atomic E-state index is -4.19. The zero-order valence-corrected chi connectivity index (χ0v) is 12.4. The number of benzene rings is 1. The number of nitrogens with one attached hydrogen (secondary N) is 1. The highest BCUT2D eigenvalue weighted by molar-refractivity contribution is 6.31. The average Bonchev–Trinajstić information content (AvgIpc) is 2.63. The summed E-state index contributed by atoms with van der Waals surface area (Å²) in [6.07, 6.45) is -4.39. The van der Waals surface area contributed by atoms with Crippen LogP contribution >= 0.6 is 11.6 Å². The van der Waals surface area contributed by atoms with Crippen LogP contribution in [-0.4, -0.2) is 26.4 Å². The van der Waals surface area contributed by atoms with E-state index in [1.54, 1.807) is 19.2 Å². The van der Waals surface area contributed by atoms with Crippen LogP contribution in [0.1, 0.15) is 30.9 Å². The van der Waals surface area contributed by atoms with Crippen molar-refractivity contribution in [1.29, 1.82) is 0 Å². The van der Waals surface area contributed by atoms with Crippen molar-refractivity contribution in [2.75, 3.05) is 20.3 Å². The molecule has 1 aliphatic rings. The van der Waals surface area contributed by atoms with Crippen molar-refractivity contribution in [3.8, 4) is 11.5 Å². The summed E-state index contributed by atoms with van der Waals surface area (Å²) < 4.78 is 48.2. The van der Waals surface area contributed by atoms with E-state index in [9.17, 15) is 13.2 Å². The van der Waals surface area contributed by atoms with Gasteiger partial charge in [-0.1, -0.05) is 11.6 Å². The predicted octanol–water partition coefficient (Wildman–Crippen LogP) is 4.10. The maximum atomic E-state index is 12.4. The van der Waals surface area contributed by atoms with Gasteiger partial charge in [0.05, 0.1) is 13.2 Å². The predicted molar refractivity (Wildman–Crippen MR) is 74.1 cm³/mol. The lowest BCUT2D eigenvalue weighted by Gasteiger charge is -2.20. The molecule has 0 fully saturated rings. The number of rotatable bonds is 4. The third-order valence-corrected chi connectivity index (χ3v) is 3.63. The largest absolute Gasteiger partial charge is 0.490 e.